The molecule has 4 nitrogen and oxygen atoms in total. The molecule has 0 aliphatic carbocycles. The second-order valence-corrected chi connectivity index (χ2v) is 5.02. The number of piperidine rings is 1. The summed E-state index contributed by atoms with van der Waals surface area (Å²) in [5, 5.41) is 3.24. The zero-order chi connectivity index (χ0) is 14.4. The Bertz CT molecular complexity index is 468. The minimum atomic E-state index is 0.0840. The highest BCUT2D eigenvalue weighted by Gasteiger charge is 2.20. The zero-order valence-electron chi connectivity index (χ0n) is 12.1. The average molecular weight is 274 g/mol. The quantitative estimate of drug-likeness (QED) is 0.853. The van der Waals surface area contributed by atoms with Gasteiger partial charge in [0.2, 0.25) is 5.91 Å². The van der Waals surface area contributed by atoms with Crippen LogP contribution in [0, 0.1) is 0 Å². The van der Waals surface area contributed by atoms with E-state index in [4.69, 9.17) is 4.74 Å². The van der Waals surface area contributed by atoms with Crippen LogP contribution in [0.25, 0.3) is 6.08 Å². The predicted octanol–water partition coefficient (Wildman–Crippen LogP) is 1.92. The van der Waals surface area contributed by atoms with Crippen molar-refractivity contribution in [3.8, 4) is 5.75 Å². The summed E-state index contributed by atoms with van der Waals surface area (Å²) in [6.07, 6.45) is 5.71. The van der Waals surface area contributed by atoms with E-state index in [-0.39, 0.29) is 5.91 Å². The summed E-state index contributed by atoms with van der Waals surface area (Å²) in [6, 6.07) is 8.08. The van der Waals surface area contributed by atoms with Gasteiger partial charge in [-0.2, -0.15) is 0 Å². The van der Waals surface area contributed by atoms with Crippen LogP contribution in [-0.2, 0) is 4.79 Å². The Morgan fingerprint density at radius 3 is 2.80 bits per heavy atom. The molecule has 0 saturated carbocycles. The lowest BCUT2D eigenvalue weighted by molar-refractivity contribution is -0.127. The van der Waals surface area contributed by atoms with Gasteiger partial charge in [0, 0.05) is 25.2 Å². The van der Waals surface area contributed by atoms with E-state index in [0.717, 1.165) is 37.2 Å². The first-order chi connectivity index (χ1) is 9.72. The number of nitrogens with one attached hydrogen (secondary N) is 1. The monoisotopic (exact) mass is 274 g/mol. The Kier molecular flexibility index (Phi) is 5.18. The molecular formula is C16H22N2O2. The average Bonchev–Trinajstić information content (AvgIpc) is 2.53. The van der Waals surface area contributed by atoms with Crippen LogP contribution in [-0.4, -0.2) is 44.1 Å². The molecule has 20 heavy (non-hydrogen) atoms. The molecule has 1 aliphatic rings. The van der Waals surface area contributed by atoms with Gasteiger partial charge >= 0.3 is 0 Å². The van der Waals surface area contributed by atoms with Crippen molar-refractivity contribution in [1.29, 1.82) is 0 Å². The molecule has 1 saturated heterocycles. The second-order valence-electron chi connectivity index (χ2n) is 5.02. The number of hydrogen-bond acceptors (Lipinski definition) is 3. The van der Waals surface area contributed by atoms with E-state index >= 15 is 0 Å². The van der Waals surface area contributed by atoms with E-state index < -0.39 is 0 Å². The first-order valence-corrected chi connectivity index (χ1v) is 7.01. The molecule has 4 heteroatoms. The van der Waals surface area contributed by atoms with Crippen molar-refractivity contribution in [1.82, 2.24) is 10.2 Å². The Hall–Kier alpha value is -1.81. The van der Waals surface area contributed by atoms with Crippen LogP contribution in [0.3, 0.4) is 0 Å². The minimum absolute atomic E-state index is 0.0840. The number of methoxy groups -OCH3 is 1. The SMILES string of the molecule is CNC1CCCN(C(=O)C=Cc2ccc(OC)cc2)C1. The van der Waals surface area contributed by atoms with E-state index in [1.54, 1.807) is 13.2 Å². The molecule has 0 spiro atoms. The maximum Gasteiger partial charge on any atom is 0.246 e. The third-order valence-electron chi connectivity index (χ3n) is 3.68. The maximum atomic E-state index is 12.1. The number of nitrogens with zero attached hydrogens (tertiary/aromatic N) is 1. The number of ether oxygens (including phenoxy) is 1. The fourth-order valence-electron chi connectivity index (χ4n) is 2.40. The Morgan fingerprint density at radius 2 is 2.15 bits per heavy atom. The molecular weight excluding hydrogens is 252 g/mol. The first-order valence-electron chi connectivity index (χ1n) is 7.01. The standard InChI is InChI=1S/C16H22N2O2/c1-17-14-4-3-11-18(12-14)16(19)10-7-13-5-8-15(20-2)9-6-13/h5-10,14,17H,3-4,11-12H2,1-2H3. The van der Waals surface area contributed by atoms with Crippen molar-refractivity contribution in [3.05, 3.63) is 35.9 Å². The van der Waals surface area contributed by atoms with Crippen molar-refractivity contribution in [3.63, 3.8) is 0 Å². The van der Waals surface area contributed by atoms with Crippen molar-refractivity contribution >= 4 is 12.0 Å². The van der Waals surface area contributed by atoms with Crippen LogP contribution in [0.5, 0.6) is 5.75 Å². The maximum absolute atomic E-state index is 12.1. The zero-order valence-corrected chi connectivity index (χ0v) is 12.1. The van der Waals surface area contributed by atoms with Gasteiger partial charge in [-0.15, -0.1) is 0 Å². The van der Waals surface area contributed by atoms with E-state index in [2.05, 4.69) is 5.32 Å². The summed E-state index contributed by atoms with van der Waals surface area (Å²) < 4.78 is 5.11. The molecule has 1 heterocycles. The summed E-state index contributed by atoms with van der Waals surface area (Å²) in [6.45, 7) is 1.65. The van der Waals surface area contributed by atoms with Gasteiger partial charge in [0.15, 0.2) is 0 Å². The van der Waals surface area contributed by atoms with Gasteiger partial charge in [0.25, 0.3) is 0 Å². The van der Waals surface area contributed by atoms with Crippen molar-refractivity contribution in [2.75, 3.05) is 27.2 Å². The molecule has 1 amide bonds. The number of carbonyl (C=O) groups excluding carboxylic acids is 1. The Morgan fingerprint density at radius 1 is 1.40 bits per heavy atom. The smallest absolute Gasteiger partial charge is 0.246 e. The van der Waals surface area contributed by atoms with Gasteiger partial charge in [0.05, 0.1) is 7.11 Å². The van der Waals surface area contributed by atoms with Gasteiger partial charge in [-0.3, -0.25) is 4.79 Å². The van der Waals surface area contributed by atoms with E-state index in [1.165, 1.54) is 0 Å². The lowest BCUT2D eigenvalue weighted by Crippen LogP contribution is -2.46. The second kappa shape index (κ2) is 7.10. The number of amides is 1. The van der Waals surface area contributed by atoms with Crippen molar-refractivity contribution < 1.29 is 9.53 Å². The van der Waals surface area contributed by atoms with Crippen LogP contribution in [0.2, 0.25) is 0 Å². The fourth-order valence-corrected chi connectivity index (χ4v) is 2.40. The van der Waals surface area contributed by atoms with Crippen LogP contribution in [0.15, 0.2) is 30.3 Å². The van der Waals surface area contributed by atoms with Gasteiger partial charge in [0.1, 0.15) is 5.75 Å². The van der Waals surface area contributed by atoms with E-state index in [0.29, 0.717) is 6.04 Å². The summed E-state index contributed by atoms with van der Waals surface area (Å²) >= 11 is 0. The molecule has 0 aromatic heterocycles. The highest BCUT2D eigenvalue weighted by molar-refractivity contribution is 5.91. The molecule has 1 N–H and O–H groups in total. The molecule has 1 fully saturated rings. The van der Waals surface area contributed by atoms with Crippen LogP contribution >= 0.6 is 0 Å². The van der Waals surface area contributed by atoms with Crippen LogP contribution in [0.4, 0.5) is 0 Å². The molecule has 0 bridgehead atoms. The topological polar surface area (TPSA) is 41.6 Å². The van der Waals surface area contributed by atoms with Crippen molar-refractivity contribution in [2.45, 2.75) is 18.9 Å². The fraction of sp³-hybridized carbons (Fsp3) is 0.438. The number of likely N-dealkylation sites (tertiary alicyclic amines) is 1. The van der Waals surface area contributed by atoms with Gasteiger partial charge in [-0.05, 0) is 43.7 Å². The summed E-state index contributed by atoms with van der Waals surface area (Å²) in [5.41, 5.74) is 1.00. The number of likely N-dealkylation sites (N-methyl/N-ethyl adjacent to an activating group) is 1. The van der Waals surface area contributed by atoms with E-state index in [9.17, 15) is 4.79 Å². The van der Waals surface area contributed by atoms with Crippen LogP contribution < -0.4 is 10.1 Å². The van der Waals surface area contributed by atoms with Gasteiger partial charge < -0.3 is 15.0 Å². The van der Waals surface area contributed by atoms with Gasteiger partial charge in [-0.1, -0.05) is 12.1 Å². The number of benzene rings is 1. The normalized spacial score (nSPS) is 19.3. The Labute approximate surface area is 120 Å². The van der Waals surface area contributed by atoms with Gasteiger partial charge in [-0.25, -0.2) is 0 Å². The third-order valence-corrected chi connectivity index (χ3v) is 3.68. The lowest BCUT2D eigenvalue weighted by atomic mass is 10.1. The number of carbonyl (C=O) groups is 1. The summed E-state index contributed by atoms with van der Waals surface area (Å²) in [4.78, 5) is 14.1. The molecule has 1 unspecified atom stereocenters. The minimum Gasteiger partial charge on any atom is -0.497 e. The highest BCUT2D eigenvalue weighted by atomic mass is 16.5. The molecule has 1 aromatic carbocycles. The first kappa shape index (κ1) is 14.6. The van der Waals surface area contributed by atoms with Crippen molar-refractivity contribution in [2.24, 2.45) is 0 Å². The molecule has 0 radical (unpaired) electrons. The number of hydrogen-bond donors (Lipinski definition) is 1. The van der Waals surface area contributed by atoms with Crippen LogP contribution in [0.1, 0.15) is 18.4 Å². The number of rotatable bonds is 4. The Balaban J connectivity index is 1.94. The summed E-state index contributed by atoms with van der Waals surface area (Å²) in [5.74, 6) is 0.905. The largest absolute Gasteiger partial charge is 0.497 e. The lowest BCUT2D eigenvalue weighted by Gasteiger charge is -2.31. The molecule has 108 valence electrons. The predicted molar refractivity (Wildman–Crippen MR) is 80.7 cm³/mol. The summed E-state index contributed by atoms with van der Waals surface area (Å²) in [7, 11) is 3.59. The highest BCUT2D eigenvalue weighted by Crippen LogP contribution is 2.13. The molecule has 1 aromatic rings. The molecule has 2 rings (SSSR count). The molecule has 1 atom stereocenters. The molecule has 1 aliphatic heterocycles. The third kappa shape index (κ3) is 3.84. The van der Waals surface area contributed by atoms with E-state index in [1.807, 2.05) is 42.3 Å².